The predicted molar refractivity (Wildman–Crippen MR) is 235 cm³/mol. The zero-order chi connectivity index (χ0) is 37.7. The Morgan fingerprint density at radius 2 is 0.481 bits per heavy atom. The lowest BCUT2D eigenvalue weighted by molar-refractivity contribution is -0.149. The molecule has 0 aromatic carbocycles. The summed E-state index contributed by atoms with van der Waals surface area (Å²) in [7, 11) is 0. The van der Waals surface area contributed by atoms with Gasteiger partial charge in [0.2, 0.25) is 0 Å². The third kappa shape index (κ3) is 42.2. The molecule has 0 saturated heterocycles. The van der Waals surface area contributed by atoms with Crippen LogP contribution in [-0.4, -0.2) is 12.6 Å². The van der Waals surface area contributed by atoms with Crippen LogP contribution in [0.4, 0.5) is 0 Å². The molecular weight excluding hydrogens is 633 g/mol. The van der Waals surface area contributed by atoms with Crippen LogP contribution < -0.4 is 0 Å². The van der Waals surface area contributed by atoms with Gasteiger partial charge in [0.1, 0.15) is 0 Å². The number of carbonyl (C=O) groups excluding carboxylic acids is 1. The van der Waals surface area contributed by atoms with Crippen LogP contribution in [-0.2, 0) is 9.53 Å². The molecule has 0 radical (unpaired) electrons. The molecule has 0 bridgehead atoms. The monoisotopic (exact) mass is 733 g/mol. The molecule has 0 N–H and O–H groups in total. The van der Waals surface area contributed by atoms with E-state index in [9.17, 15) is 4.79 Å². The molecule has 52 heavy (non-hydrogen) atoms. The molecule has 0 fully saturated rings. The van der Waals surface area contributed by atoms with Gasteiger partial charge in [-0.3, -0.25) is 4.79 Å². The highest BCUT2D eigenvalue weighted by atomic mass is 16.5. The fourth-order valence-electron chi connectivity index (χ4n) is 8.14. The highest BCUT2D eigenvalue weighted by Gasteiger charge is 2.19. The SMILES string of the molecule is CCCCCCCCCCCCCCCCCCOC(=O)C(CCCCCCCCCCCC)CCCCCCCCCCCCCCCCCC. The molecule has 0 heterocycles. The van der Waals surface area contributed by atoms with Crippen molar-refractivity contribution in [3.05, 3.63) is 0 Å². The third-order valence-corrected chi connectivity index (χ3v) is 11.9. The van der Waals surface area contributed by atoms with Crippen LogP contribution in [0, 0.1) is 5.92 Å². The van der Waals surface area contributed by atoms with Crippen LogP contribution in [0.2, 0.25) is 0 Å². The first-order valence-corrected chi connectivity index (χ1v) is 24.9. The first-order valence-electron chi connectivity index (χ1n) is 24.9. The normalized spacial score (nSPS) is 12.1. The van der Waals surface area contributed by atoms with Crippen molar-refractivity contribution in [2.45, 2.75) is 303 Å². The topological polar surface area (TPSA) is 26.3 Å². The van der Waals surface area contributed by atoms with Crippen LogP contribution >= 0.6 is 0 Å². The second kappa shape index (κ2) is 46.6. The average Bonchev–Trinajstić information content (AvgIpc) is 3.15. The molecule has 0 aliphatic heterocycles. The Hall–Kier alpha value is -0.530. The van der Waals surface area contributed by atoms with Crippen molar-refractivity contribution in [1.82, 2.24) is 0 Å². The quantitative estimate of drug-likeness (QED) is 0.0460. The lowest BCUT2D eigenvalue weighted by atomic mass is 9.94. The van der Waals surface area contributed by atoms with E-state index in [2.05, 4.69) is 20.8 Å². The molecule has 312 valence electrons. The summed E-state index contributed by atoms with van der Waals surface area (Å²) in [6.07, 6.45) is 60.1. The number of ether oxygens (including phenoxy) is 1. The van der Waals surface area contributed by atoms with Gasteiger partial charge in [-0.1, -0.05) is 284 Å². The minimum absolute atomic E-state index is 0.123. The molecule has 0 aliphatic carbocycles. The maximum absolute atomic E-state index is 13.2. The van der Waals surface area contributed by atoms with Crippen LogP contribution in [0.3, 0.4) is 0 Å². The molecule has 1 unspecified atom stereocenters. The second-order valence-electron chi connectivity index (χ2n) is 17.2. The van der Waals surface area contributed by atoms with Gasteiger partial charge in [-0.15, -0.1) is 0 Å². The van der Waals surface area contributed by atoms with E-state index < -0.39 is 0 Å². The average molecular weight is 733 g/mol. The minimum atomic E-state index is 0.123. The van der Waals surface area contributed by atoms with E-state index in [1.54, 1.807) is 0 Å². The van der Waals surface area contributed by atoms with Gasteiger partial charge in [-0.25, -0.2) is 0 Å². The summed E-state index contributed by atoms with van der Waals surface area (Å²) in [5, 5.41) is 0. The van der Waals surface area contributed by atoms with E-state index in [4.69, 9.17) is 4.74 Å². The van der Waals surface area contributed by atoms with Gasteiger partial charge in [0.25, 0.3) is 0 Å². The van der Waals surface area contributed by atoms with Crippen molar-refractivity contribution in [1.29, 1.82) is 0 Å². The molecule has 0 spiro atoms. The molecule has 0 amide bonds. The second-order valence-corrected chi connectivity index (χ2v) is 17.2. The highest BCUT2D eigenvalue weighted by molar-refractivity contribution is 5.72. The molecule has 1 atom stereocenters. The van der Waals surface area contributed by atoms with Gasteiger partial charge < -0.3 is 4.74 Å². The molecule has 0 rings (SSSR count). The summed E-state index contributed by atoms with van der Waals surface area (Å²) in [6.45, 7) is 7.54. The van der Waals surface area contributed by atoms with Gasteiger partial charge in [-0.2, -0.15) is 0 Å². The lowest BCUT2D eigenvalue weighted by Crippen LogP contribution is -2.18. The molecule has 2 nitrogen and oxygen atoms in total. The Kier molecular flexibility index (Phi) is 46.1. The zero-order valence-corrected chi connectivity index (χ0v) is 36.7. The van der Waals surface area contributed by atoms with Gasteiger partial charge in [0.15, 0.2) is 0 Å². The Morgan fingerprint density at radius 3 is 0.712 bits per heavy atom. The van der Waals surface area contributed by atoms with E-state index in [1.807, 2.05) is 0 Å². The number of hydrogen-bond donors (Lipinski definition) is 0. The van der Waals surface area contributed by atoms with Crippen molar-refractivity contribution in [3.63, 3.8) is 0 Å². The zero-order valence-electron chi connectivity index (χ0n) is 36.7. The molecule has 0 saturated carbocycles. The Morgan fingerprint density at radius 1 is 0.288 bits per heavy atom. The van der Waals surface area contributed by atoms with Crippen LogP contribution in [0.1, 0.15) is 303 Å². The number of hydrogen-bond acceptors (Lipinski definition) is 2. The number of carbonyl (C=O) groups is 1. The standard InChI is InChI=1S/C50H100O2/c1-4-7-10-13-16-19-22-24-26-28-30-32-35-38-41-44-47-49(46-43-40-37-34-21-18-15-12-9-6-3)50(51)52-48-45-42-39-36-33-31-29-27-25-23-20-17-14-11-8-5-2/h49H,4-48H2,1-3H3. The Balaban J connectivity index is 3.99. The van der Waals surface area contributed by atoms with E-state index in [0.717, 1.165) is 19.3 Å². The van der Waals surface area contributed by atoms with E-state index >= 15 is 0 Å². The summed E-state index contributed by atoms with van der Waals surface area (Å²) in [5.74, 6) is 0.264. The fraction of sp³-hybridized carbons (Fsp3) is 0.980. The molecule has 0 aromatic heterocycles. The van der Waals surface area contributed by atoms with Crippen molar-refractivity contribution >= 4 is 5.97 Å². The summed E-state index contributed by atoms with van der Waals surface area (Å²) >= 11 is 0. The summed E-state index contributed by atoms with van der Waals surface area (Å²) < 4.78 is 5.91. The maximum atomic E-state index is 13.2. The highest BCUT2D eigenvalue weighted by Crippen LogP contribution is 2.22. The maximum Gasteiger partial charge on any atom is 0.308 e. The Labute approximate surface area is 330 Å². The molecule has 2 heteroatoms. The van der Waals surface area contributed by atoms with Crippen molar-refractivity contribution in [2.75, 3.05) is 6.61 Å². The van der Waals surface area contributed by atoms with Gasteiger partial charge in [0, 0.05) is 0 Å². The molecule has 0 aliphatic rings. The molecular formula is C50H100O2. The largest absolute Gasteiger partial charge is 0.465 e. The summed E-state index contributed by atoms with van der Waals surface area (Å²) in [4.78, 5) is 13.2. The van der Waals surface area contributed by atoms with Gasteiger partial charge >= 0.3 is 5.97 Å². The predicted octanol–water partition coefficient (Wildman–Crippen LogP) is 18.4. The minimum Gasteiger partial charge on any atom is -0.465 e. The van der Waals surface area contributed by atoms with E-state index in [-0.39, 0.29) is 11.9 Å². The van der Waals surface area contributed by atoms with Crippen molar-refractivity contribution in [2.24, 2.45) is 5.92 Å². The van der Waals surface area contributed by atoms with Crippen LogP contribution in [0.5, 0.6) is 0 Å². The molecule has 0 aromatic rings. The third-order valence-electron chi connectivity index (χ3n) is 11.9. The first kappa shape index (κ1) is 51.5. The fourth-order valence-corrected chi connectivity index (χ4v) is 8.14. The van der Waals surface area contributed by atoms with Crippen LogP contribution in [0.25, 0.3) is 0 Å². The van der Waals surface area contributed by atoms with Crippen molar-refractivity contribution < 1.29 is 9.53 Å². The van der Waals surface area contributed by atoms with E-state index in [1.165, 1.54) is 263 Å². The van der Waals surface area contributed by atoms with Crippen molar-refractivity contribution in [3.8, 4) is 0 Å². The smallest absolute Gasteiger partial charge is 0.308 e. The number of unbranched alkanes of at least 4 members (excludes halogenated alkanes) is 39. The summed E-state index contributed by atoms with van der Waals surface area (Å²) in [6, 6.07) is 0. The number of rotatable bonds is 46. The van der Waals surface area contributed by atoms with Gasteiger partial charge in [-0.05, 0) is 19.3 Å². The summed E-state index contributed by atoms with van der Waals surface area (Å²) in [5.41, 5.74) is 0. The Bertz CT molecular complexity index is 644. The first-order chi connectivity index (χ1) is 25.8. The number of esters is 1. The van der Waals surface area contributed by atoms with Gasteiger partial charge in [0.05, 0.1) is 12.5 Å². The van der Waals surface area contributed by atoms with E-state index in [0.29, 0.717) is 6.61 Å². The van der Waals surface area contributed by atoms with Crippen LogP contribution in [0.15, 0.2) is 0 Å². The lowest BCUT2D eigenvalue weighted by Gasteiger charge is -2.16.